The van der Waals surface area contributed by atoms with Gasteiger partial charge in [-0.25, -0.2) is 14.5 Å². The molecule has 0 radical (unpaired) electrons. The van der Waals surface area contributed by atoms with E-state index in [0.717, 1.165) is 37.7 Å². The first kappa shape index (κ1) is 16.9. The maximum absolute atomic E-state index is 11.9. The van der Waals surface area contributed by atoms with Crippen molar-refractivity contribution in [3.05, 3.63) is 42.5 Å². The standard InChI is InChI=1S/C18H23NO4Si/c1-24(2,15-8-4-3-5-9-15)14-19-13-7-6-12-18(19)22-16(20)10-11-17(21)23-18/h3-5,8-11H,6-7,12-14H2,1-2H3. The van der Waals surface area contributed by atoms with Gasteiger partial charge in [-0.3, -0.25) is 0 Å². The zero-order valence-electron chi connectivity index (χ0n) is 14.2. The van der Waals surface area contributed by atoms with Gasteiger partial charge in [-0.1, -0.05) is 48.6 Å². The number of likely N-dealkylation sites (tertiary alicyclic amines) is 1. The molecule has 0 bridgehead atoms. The largest absolute Gasteiger partial charge is 0.405 e. The summed E-state index contributed by atoms with van der Waals surface area (Å²) in [6.07, 6.45) is 5.43. The van der Waals surface area contributed by atoms with Gasteiger partial charge in [0.1, 0.15) is 0 Å². The van der Waals surface area contributed by atoms with E-state index < -0.39 is 25.9 Å². The molecule has 2 aliphatic heterocycles. The van der Waals surface area contributed by atoms with Gasteiger partial charge in [0.15, 0.2) is 0 Å². The molecule has 0 amide bonds. The minimum atomic E-state index is -1.81. The van der Waals surface area contributed by atoms with Crippen LogP contribution < -0.4 is 5.19 Å². The summed E-state index contributed by atoms with van der Waals surface area (Å²) in [6.45, 7) is 5.32. The summed E-state index contributed by atoms with van der Waals surface area (Å²) < 4.78 is 11.2. The van der Waals surface area contributed by atoms with Crippen LogP contribution in [0.2, 0.25) is 13.1 Å². The Kier molecular flexibility index (Phi) is 4.60. The fraction of sp³-hybridized carbons (Fsp3) is 0.444. The monoisotopic (exact) mass is 345 g/mol. The summed E-state index contributed by atoms with van der Waals surface area (Å²) >= 11 is 0. The second kappa shape index (κ2) is 6.53. The van der Waals surface area contributed by atoms with E-state index in [2.05, 4.69) is 30.1 Å². The highest BCUT2D eigenvalue weighted by atomic mass is 28.3. The third-order valence-corrected chi connectivity index (χ3v) is 7.74. The molecule has 0 aromatic heterocycles. The Balaban J connectivity index is 1.87. The molecule has 2 heterocycles. The van der Waals surface area contributed by atoms with Gasteiger partial charge in [-0.05, 0) is 12.8 Å². The zero-order valence-corrected chi connectivity index (χ0v) is 15.2. The number of carbonyl (C=O) groups is 2. The number of ether oxygens (including phenoxy) is 2. The number of rotatable bonds is 3. The minimum absolute atomic E-state index is 0.519. The summed E-state index contributed by atoms with van der Waals surface area (Å²) in [5.74, 6) is -2.30. The van der Waals surface area contributed by atoms with E-state index in [1.165, 1.54) is 5.19 Å². The molecule has 1 fully saturated rings. The lowest BCUT2D eigenvalue weighted by Crippen LogP contribution is -2.63. The van der Waals surface area contributed by atoms with Gasteiger partial charge in [-0.15, -0.1) is 0 Å². The van der Waals surface area contributed by atoms with Gasteiger partial charge in [0.25, 0.3) is 0 Å². The van der Waals surface area contributed by atoms with Crippen molar-refractivity contribution in [3.63, 3.8) is 0 Å². The molecule has 128 valence electrons. The molecule has 3 rings (SSSR count). The second-order valence-electron chi connectivity index (χ2n) is 7.02. The molecule has 0 N–H and O–H groups in total. The molecule has 1 aromatic rings. The topological polar surface area (TPSA) is 55.8 Å². The highest BCUT2D eigenvalue weighted by molar-refractivity contribution is 6.90. The van der Waals surface area contributed by atoms with Gasteiger partial charge >= 0.3 is 17.8 Å². The Bertz CT molecular complexity index is 636. The molecule has 0 saturated carbocycles. The van der Waals surface area contributed by atoms with Crippen molar-refractivity contribution in [1.29, 1.82) is 0 Å². The van der Waals surface area contributed by atoms with Crippen LogP contribution in [0.5, 0.6) is 0 Å². The predicted octanol–water partition coefficient (Wildman–Crippen LogP) is 1.94. The first-order chi connectivity index (χ1) is 11.4. The van der Waals surface area contributed by atoms with Crippen LogP contribution in [-0.2, 0) is 19.1 Å². The van der Waals surface area contributed by atoms with Crippen LogP contribution in [0.15, 0.2) is 42.5 Å². The van der Waals surface area contributed by atoms with Crippen LogP contribution in [-0.4, -0.2) is 43.5 Å². The smallest absolute Gasteiger partial charge is 0.335 e. The first-order valence-corrected chi connectivity index (χ1v) is 11.6. The molecule has 6 heteroatoms. The number of esters is 2. The lowest BCUT2D eigenvalue weighted by Gasteiger charge is -2.46. The van der Waals surface area contributed by atoms with Gasteiger partial charge in [0.05, 0.1) is 8.07 Å². The summed E-state index contributed by atoms with van der Waals surface area (Å²) in [5.41, 5.74) is 0. The Morgan fingerprint density at radius 2 is 1.67 bits per heavy atom. The lowest BCUT2D eigenvalue weighted by molar-refractivity contribution is -0.290. The van der Waals surface area contributed by atoms with Crippen molar-refractivity contribution in [2.75, 3.05) is 12.7 Å². The van der Waals surface area contributed by atoms with Crippen molar-refractivity contribution >= 4 is 25.2 Å². The van der Waals surface area contributed by atoms with Crippen LogP contribution in [0.4, 0.5) is 0 Å². The molecule has 1 spiro atoms. The average Bonchev–Trinajstić information content (AvgIpc) is 2.69. The number of hydrogen-bond donors (Lipinski definition) is 0. The summed E-state index contributed by atoms with van der Waals surface area (Å²) in [7, 11) is -1.81. The molecule has 0 unspecified atom stereocenters. The number of nitrogens with zero attached hydrogens (tertiary/aromatic N) is 1. The molecular formula is C18H23NO4Si. The second-order valence-corrected chi connectivity index (χ2v) is 11.7. The third-order valence-electron chi connectivity index (χ3n) is 4.67. The number of carbonyl (C=O) groups excluding carboxylic acids is 2. The SMILES string of the molecule is C[Si](C)(CN1CCCCC12OC(=O)C=CC(=O)O2)c1ccccc1. The molecule has 24 heavy (non-hydrogen) atoms. The summed E-state index contributed by atoms with van der Waals surface area (Å²) in [6, 6.07) is 10.4. The molecule has 0 aliphatic carbocycles. The van der Waals surface area contributed by atoms with Crippen LogP contribution in [0, 0.1) is 0 Å². The van der Waals surface area contributed by atoms with E-state index in [4.69, 9.17) is 9.47 Å². The molecule has 0 atom stereocenters. The van der Waals surface area contributed by atoms with E-state index in [1.54, 1.807) is 0 Å². The Morgan fingerprint density at radius 3 is 2.29 bits per heavy atom. The number of piperidine rings is 1. The molecule has 1 aromatic carbocycles. The van der Waals surface area contributed by atoms with Gasteiger partial charge in [0, 0.05) is 31.3 Å². The first-order valence-electron chi connectivity index (χ1n) is 8.36. The Hall–Kier alpha value is -1.92. The summed E-state index contributed by atoms with van der Waals surface area (Å²) in [5, 5.41) is 1.33. The van der Waals surface area contributed by atoms with Crippen LogP contribution in [0.1, 0.15) is 19.3 Å². The Labute approximate surface area is 143 Å². The summed E-state index contributed by atoms with van der Waals surface area (Å²) in [4.78, 5) is 25.9. The molecule has 1 saturated heterocycles. The zero-order chi connectivity index (χ0) is 17.2. The quantitative estimate of drug-likeness (QED) is 0.619. The van der Waals surface area contributed by atoms with E-state index >= 15 is 0 Å². The lowest BCUT2D eigenvalue weighted by atomic mass is 10.1. The normalized spacial score (nSPS) is 21.2. The fourth-order valence-electron chi connectivity index (χ4n) is 3.41. The minimum Gasteiger partial charge on any atom is -0.405 e. The predicted molar refractivity (Wildman–Crippen MR) is 93.0 cm³/mol. The van der Waals surface area contributed by atoms with Crippen LogP contribution >= 0.6 is 0 Å². The van der Waals surface area contributed by atoms with Crippen LogP contribution in [0.25, 0.3) is 0 Å². The van der Waals surface area contributed by atoms with Gasteiger partial charge in [-0.2, -0.15) is 0 Å². The van der Waals surface area contributed by atoms with Crippen molar-refractivity contribution in [1.82, 2.24) is 4.90 Å². The van der Waals surface area contributed by atoms with E-state index in [0.29, 0.717) is 6.42 Å². The Morgan fingerprint density at radius 1 is 1.04 bits per heavy atom. The maximum Gasteiger partial charge on any atom is 0.335 e. The fourth-order valence-corrected chi connectivity index (χ4v) is 6.04. The van der Waals surface area contributed by atoms with Gasteiger partial charge in [0.2, 0.25) is 0 Å². The van der Waals surface area contributed by atoms with E-state index in [9.17, 15) is 9.59 Å². The molecular weight excluding hydrogens is 322 g/mol. The number of benzene rings is 1. The highest BCUT2D eigenvalue weighted by Crippen LogP contribution is 2.33. The number of hydrogen-bond acceptors (Lipinski definition) is 5. The van der Waals surface area contributed by atoms with Crippen LogP contribution in [0.3, 0.4) is 0 Å². The maximum atomic E-state index is 11.9. The van der Waals surface area contributed by atoms with E-state index in [1.807, 2.05) is 18.2 Å². The molecule has 2 aliphatic rings. The van der Waals surface area contributed by atoms with Crippen molar-refractivity contribution in [2.45, 2.75) is 38.3 Å². The van der Waals surface area contributed by atoms with E-state index in [-0.39, 0.29) is 0 Å². The van der Waals surface area contributed by atoms with Crippen molar-refractivity contribution in [3.8, 4) is 0 Å². The third kappa shape index (κ3) is 3.44. The van der Waals surface area contributed by atoms with Gasteiger partial charge < -0.3 is 9.47 Å². The molecule has 5 nitrogen and oxygen atoms in total. The van der Waals surface area contributed by atoms with Crippen molar-refractivity contribution in [2.24, 2.45) is 0 Å². The average molecular weight is 345 g/mol. The van der Waals surface area contributed by atoms with Crippen molar-refractivity contribution < 1.29 is 19.1 Å². The highest BCUT2D eigenvalue weighted by Gasteiger charge is 2.48.